The molecule has 0 aromatic heterocycles. The molecule has 2 aromatic rings. The number of halogens is 2. The highest BCUT2D eigenvalue weighted by molar-refractivity contribution is 6.42. The number of ether oxygens (including phenoxy) is 1. The quantitative estimate of drug-likeness (QED) is 0.272. The van der Waals surface area contributed by atoms with Gasteiger partial charge >= 0.3 is 0 Å². The van der Waals surface area contributed by atoms with Gasteiger partial charge in [-0.15, -0.1) is 0 Å². The summed E-state index contributed by atoms with van der Waals surface area (Å²) in [5.41, 5.74) is 3.87. The number of amides is 2. The number of nitrogens with zero attached hydrogens (tertiary/aromatic N) is 1. The lowest BCUT2D eigenvalue weighted by Gasteiger charge is -2.06. The molecular weight excluding hydrogens is 425 g/mol. The maximum absolute atomic E-state index is 11.9. The molecule has 0 saturated carbocycles. The molecule has 0 saturated heterocycles. The highest BCUT2D eigenvalue weighted by atomic mass is 35.5. The summed E-state index contributed by atoms with van der Waals surface area (Å²) in [6.07, 6.45) is 4.47. The van der Waals surface area contributed by atoms with Gasteiger partial charge in [0.2, 0.25) is 11.8 Å². The van der Waals surface area contributed by atoms with Crippen LogP contribution in [0.15, 0.2) is 47.6 Å². The zero-order valence-electron chi connectivity index (χ0n) is 16.8. The zero-order valence-corrected chi connectivity index (χ0v) is 18.3. The number of hydrogen-bond donors (Lipinski definition) is 2. The highest BCUT2D eigenvalue weighted by Crippen LogP contribution is 2.25. The molecule has 2 rings (SSSR count). The van der Waals surface area contributed by atoms with Gasteiger partial charge in [0.25, 0.3) is 0 Å². The number of nitrogens with one attached hydrogen (secondary N) is 2. The molecule has 0 unspecified atom stereocenters. The summed E-state index contributed by atoms with van der Waals surface area (Å²) in [6.45, 7) is 2.81. The Kier molecular flexibility index (Phi) is 10.2. The number of carbonyl (C=O) groups is 2. The van der Waals surface area contributed by atoms with Crippen molar-refractivity contribution in [2.45, 2.75) is 39.0 Å². The molecule has 0 aliphatic heterocycles. The molecule has 6 nitrogen and oxygen atoms in total. The van der Waals surface area contributed by atoms with E-state index < -0.39 is 0 Å². The Balaban J connectivity index is 1.65. The van der Waals surface area contributed by atoms with E-state index in [1.165, 1.54) is 0 Å². The normalized spacial score (nSPS) is 10.8. The predicted octanol–water partition coefficient (Wildman–Crippen LogP) is 5.43. The Labute approximate surface area is 186 Å². The third-order valence-electron chi connectivity index (χ3n) is 4.06. The van der Waals surface area contributed by atoms with Crippen LogP contribution in [0.2, 0.25) is 10.0 Å². The highest BCUT2D eigenvalue weighted by Gasteiger charge is 2.07. The van der Waals surface area contributed by atoms with Crippen molar-refractivity contribution in [3.05, 3.63) is 58.1 Å². The summed E-state index contributed by atoms with van der Waals surface area (Å²) in [5, 5.41) is 7.44. The molecule has 2 aromatic carbocycles. The van der Waals surface area contributed by atoms with E-state index in [2.05, 4.69) is 22.8 Å². The van der Waals surface area contributed by atoms with Crippen LogP contribution in [-0.4, -0.2) is 24.6 Å². The fourth-order valence-electron chi connectivity index (χ4n) is 2.43. The van der Waals surface area contributed by atoms with Crippen LogP contribution >= 0.6 is 23.2 Å². The second kappa shape index (κ2) is 12.9. The van der Waals surface area contributed by atoms with Crippen molar-refractivity contribution in [2.75, 3.05) is 11.9 Å². The van der Waals surface area contributed by atoms with Crippen LogP contribution < -0.4 is 15.5 Å². The first kappa shape index (κ1) is 23.7. The monoisotopic (exact) mass is 449 g/mol. The van der Waals surface area contributed by atoms with Crippen LogP contribution in [0.5, 0.6) is 5.75 Å². The standard InChI is InChI=1S/C22H25Cl2N3O3/c1-2-3-13-30-18-10-7-16(8-11-18)15-25-27-22(29)6-4-5-21(28)26-17-9-12-19(23)20(24)14-17/h7-12,14-15H,2-6,13H2,1H3,(H,26,28)(H,27,29)/b25-15+. The van der Waals surface area contributed by atoms with E-state index in [0.717, 1.165) is 24.2 Å². The summed E-state index contributed by atoms with van der Waals surface area (Å²) in [5.74, 6) is 0.350. The van der Waals surface area contributed by atoms with Crippen LogP contribution in [0.4, 0.5) is 5.69 Å². The smallest absolute Gasteiger partial charge is 0.240 e. The lowest BCUT2D eigenvalue weighted by Crippen LogP contribution is -2.18. The molecule has 0 bridgehead atoms. The van der Waals surface area contributed by atoms with E-state index in [4.69, 9.17) is 27.9 Å². The van der Waals surface area contributed by atoms with Gasteiger partial charge in [-0.05, 0) is 60.9 Å². The molecule has 0 radical (unpaired) electrons. The van der Waals surface area contributed by atoms with Crippen molar-refractivity contribution in [1.82, 2.24) is 5.43 Å². The SMILES string of the molecule is CCCCOc1ccc(/C=N/NC(=O)CCCC(=O)Nc2ccc(Cl)c(Cl)c2)cc1. The predicted molar refractivity (Wildman–Crippen MR) is 122 cm³/mol. The first-order valence-corrected chi connectivity index (χ1v) is 10.5. The molecule has 0 aliphatic carbocycles. The average molecular weight is 450 g/mol. The number of rotatable bonds is 11. The van der Waals surface area contributed by atoms with Crippen LogP contribution in [0.25, 0.3) is 0 Å². The van der Waals surface area contributed by atoms with E-state index in [-0.39, 0.29) is 24.7 Å². The number of benzene rings is 2. The molecule has 0 fully saturated rings. The third-order valence-corrected chi connectivity index (χ3v) is 4.80. The Morgan fingerprint density at radius 3 is 2.43 bits per heavy atom. The largest absolute Gasteiger partial charge is 0.494 e. The molecular formula is C22H25Cl2N3O3. The van der Waals surface area contributed by atoms with Gasteiger partial charge in [-0.25, -0.2) is 5.43 Å². The summed E-state index contributed by atoms with van der Waals surface area (Å²) >= 11 is 11.8. The van der Waals surface area contributed by atoms with Gasteiger partial charge in [0.15, 0.2) is 0 Å². The first-order chi connectivity index (χ1) is 14.5. The van der Waals surface area contributed by atoms with Gasteiger partial charge in [-0.2, -0.15) is 5.10 Å². The van der Waals surface area contributed by atoms with Crippen LogP contribution in [-0.2, 0) is 9.59 Å². The molecule has 0 aliphatic rings. The first-order valence-electron chi connectivity index (χ1n) is 9.77. The van der Waals surface area contributed by atoms with Crippen molar-refractivity contribution in [3.63, 3.8) is 0 Å². The molecule has 30 heavy (non-hydrogen) atoms. The van der Waals surface area contributed by atoms with Crippen molar-refractivity contribution >= 4 is 46.9 Å². The average Bonchev–Trinajstić information content (AvgIpc) is 2.72. The third kappa shape index (κ3) is 8.84. The van der Waals surface area contributed by atoms with E-state index in [1.54, 1.807) is 24.4 Å². The minimum atomic E-state index is -0.256. The van der Waals surface area contributed by atoms with Gasteiger partial charge in [0.1, 0.15) is 5.75 Å². The minimum Gasteiger partial charge on any atom is -0.494 e. The zero-order chi connectivity index (χ0) is 21.8. The molecule has 2 amide bonds. The van der Waals surface area contributed by atoms with E-state index >= 15 is 0 Å². The number of anilines is 1. The Hall–Kier alpha value is -2.57. The van der Waals surface area contributed by atoms with Gasteiger partial charge in [-0.3, -0.25) is 9.59 Å². The lowest BCUT2D eigenvalue weighted by atomic mass is 10.2. The summed E-state index contributed by atoms with van der Waals surface area (Å²) in [7, 11) is 0. The number of unbranched alkanes of at least 4 members (excludes halogenated alkanes) is 1. The van der Waals surface area contributed by atoms with Crippen LogP contribution in [0.3, 0.4) is 0 Å². The fourth-order valence-corrected chi connectivity index (χ4v) is 2.72. The van der Waals surface area contributed by atoms with Gasteiger partial charge in [-0.1, -0.05) is 36.5 Å². The maximum atomic E-state index is 11.9. The molecule has 0 heterocycles. The van der Waals surface area contributed by atoms with Crippen molar-refractivity contribution in [2.24, 2.45) is 5.10 Å². The Bertz CT molecular complexity index is 870. The number of hydrogen-bond acceptors (Lipinski definition) is 4. The summed E-state index contributed by atoms with van der Waals surface area (Å²) in [4.78, 5) is 23.8. The molecule has 0 spiro atoms. The van der Waals surface area contributed by atoms with Crippen molar-refractivity contribution in [1.29, 1.82) is 0 Å². The van der Waals surface area contributed by atoms with Crippen molar-refractivity contribution < 1.29 is 14.3 Å². The van der Waals surface area contributed by atoms with Crippen molar-refractivity contribution in [3.8, 4) is 5.75 Å². The second-order valence-corrected chi connectivity index (χ2v) is 7.41. The van der Waals surface area contributed by atoms with Gasteiger partial charge < -0.3 is 10.1 Å². The summed E-state index contributed by atoms with van der Waals surface area (Å²) in [6, 6.07) is 12.3. The Morgan fingerprint density at radius 1 is 1.00 bits per heavy atom. The topological polar surface area (TPSA) is 79.8 Å². The second-order valence-electron chi connectivity index (χ2n) is 6.59. The molecule has 2 N–H and O–H groups in total. The molecule has 8 heteroatoms. The van der Waals surface area contributed by atoms with E-state index in [1.807, 2.05) is 24.3 Å². The minimum absolute atomic E-state index is 0.191. The van der Waals surface area contributed by atoms with Gasteiger partial charge in [0, 0.05) is 18.5 Å². The van der Waals surface area contributed by atoms with Gasteiger partial charge in [0.05, 0.1) is 22.9 Å². The maximum Gasteiger partial charge on any atom is 0.240 e. The van der Waals surface area contributed by atoms with Crippen LogP contribution in [0.1, 0.15) is 44.6 Å². The van der Waals surface area contributed by atoms with Crippen LogP contribution in [0, 0.1) is 0 Å². The number of carbonyl (C=O) groups excluding carboxylic acids is 2. The molecule has 0 atom stereocenters. The van der Waals surface area contributed by atoms with E-state index in [0.29, 0.717) is 28.8 Å². The number of hydrazone groups is 1. The fraction of sp³-hybridized carbons (Fsp3) is 0.318. The molecule has 160 valence electrons. The van der Waals surface area contributed by atoms with E-state index in [9.17, 15) is 9.59 Å². The summed E-state index contributed by atoms with van der Waals surface area (Å²) < 4.78 is 5.60. The Morgan fingerprint density at radius 2 is 1.73 bits per heavy atom. The lowest BCUT2D eigenvalue weighted by molar-refractivity contribution is -0.121.